The van der Waals surface area contributed by atoms with E-state index in [0.29, 0.717) is 30.6 Å². The lowest BCUT2D eigenvalue weighted by Gasteiger charge is -2.10. The molecule has 3 rings (SSSR count). The van der Waals surface area contributed by atoms with Crippen LogP contribution in [-0.4, -0.2) is 58.0 Å². The molecule has 0 amide bonds. The summed E-state index contributed by atoms with van der Waals surface area (Å²) in [7, 11) is 3.84. The first-order valence-corrected chi connectivity index (χ1v) is 8.68. The van der Waals surface area contributed by atoms with Gasteiger partial charge in [0.1, 0.15) is 18.8 Å². The number of aromatic nitrogens is 4. The highest BCUT2D eigenvalue weighted by molar-refractivity contribution is 5.70. The Balaban J connectivity index is 1.77. The molecule has 0 aliphatic heterocycles. The van der Waals surface area contributed by atoms with E-state index in [4.69, 9.17) is 9.26 Å². The number of carbonyl (C=O) groups is 1. The van der Waals surface area contributed by atoms with Crippen LogP contribution in [0.15, 0.2) is 34.9 Å². The SMILES string of the molecule is Cc1cccc(-c2nc(-c3cc(C)nn3CC(=O)OCCN(C)C)no2)c1. The summed E-state index contributed by atoms with van der Waals surface area (Å²) in [6.07, 6.45) is 0. The molecule has 2 aromatic heterocycles. The van der Waals surface area contributed by atoms with Crippen LogP contribution < -0.4 is 0 Å². The standard InChI is InChI=1S/C19H23N5O3/c1-13-6-5-7-15(10-13)19-20-18(22-27-19)16-11-14(2)21-24(16)12-17(25)26-9-8-23(3)4/h5-7,10-11H,8-9,12H2,1-4H3. The van der Waals surface area contributed by atoms with Gasteiger partial charge in [0.05, 0.1) is 5.69 Å². The molecule has 3 aromatic rings. The molecule has 0 saturated heterocycles. The van der Waals surface area contributed by atoms with Gasteiger partial charge in [-0.1, -0.05) is 22.9 Å². The van der Waals surface area contributed by atoms with Crippen molar-refractivity contribution in [1.82, 2.24) is 24.8 Å². The quantitative estimate of drug-likeness (QED) is 0.591. The van der Waals surface area contributed by atoms with Crippen LogP contribution >= 0.6 is 0 Å². The van der Waals surface area contributed by atoms with Crippen molar-refractivity contribution in [3.63, 3.8) is 0 Å². The van der Waals surface area contributed by atoms with Crippen LogP contribution in [0.4, 0.5) is 0 Å². The maximum atomic E-state index is 12.1. The van der Waals surface area contributed by atoms with Gasteiger partial charge in [-0.2, -0.15) is 10.1 Å². The number of hydrogen-bond donors (Lipinski definition) is 0. The van der Waals surface area contributed by atoms with Gasteiger partial charge in [-0.15, -0.1) is 0 Å². The van der Waals surface area contributed by atoms with Gasteiger partial charge in [-0.05, 0) is 46.1 Å². The second-order valence-electron chi connectivity index (χ2n) is 6.64. The van der Waals surface area contributed by atoms with Crippen molar-refractivity contribution in [3.8, 4) is 23.0 Å². The van der Waals surface area contributed by atoms with Gasteiger partial charge in [0.2, 0.25) is 5.82 Å². The third kappa shape index (κ3) is 4.79. The van der Waals surface area contributed by atoms with E-state index in [1.807, 2.05) is 63.2 Å². The lowest BCUT2D eigenvalue weighted by molar-refractivity contribution is -0.144. The Bertz CT molecular complexity index is 929. The minimum atomic E-state index is -0.358. The smallest absolute Gasteiger partial charge is 0.327 e. The zero-order valence-electron chi connectivity index (χ0n) is 16.0. The highest BCUT2D eigenvalue weighted by atomic mass is 16.5. The molecule has 2 heterocycles. The fraction of sp³-hybridized carbons (Fsp3) is 0.368. The molecular formula is C19H23N5O3. The van der Waals surface area contributed by atoms with Crippen LogP contribution in [0.25, 0.3) is 23.0 Å². The van der Waals surface area contributed by atoms with Crippen LogP contribution in [0.2, 0.25) is 0 Å². The number of esters is 1. The van der Waals surface area contributed by atoms with Crippen molar-refractivity contribution in [2.45, 2.75) is 20.4 Å². The van der Waals surface area contributed by atoms with Crippen molar-refractivity contribution in [2.24, 2.45) is 0 Å². The normalized spacial score (nSPS) is 11.1. The van der Waals surface area contributed by atoms with E-state index < -0.39 is 0 Å². The highest BCUT2D eigenvalue weighted by Crippen LogP contribution is 2.23. The minimum Gasteiger partial charge on any atom is -0.463 e. The Morgan fingerprint density at radius 1 is 1.26 bits per heavy atom. The van der Waals surface area contributed by atoms with Crippen LogP contribution in [0.5, 0.6) is 0 Å². The Morgan fingerprint density at radius 2 is 2.07 bits per heavy atom. The van der Waals surface area contributed by atoms with Crippen LogP contribution in [0.1, 0.15) is 11.3 Å². The van der Waals surface area contributed by atoms with Gasteiger partial charge in [0.25, 0.3) is 5.89 Å². The van der Waals surface area contributed by atoms with Gasteiger partial charge in [-0.3, -0.25) is 4.79 Å². The minimum absolute atomic E-state index is 0.00901. The third-order valence-electron chi connectivity index (χ3n) is 3.90. The van der Waals surface area contributed by atoms with E-state index in [1.165, 1.54) is 4.68 Å². The van der Waals surface area contributed by atoms with Crippen LogP contribution in [-0.2, 0) is 16.1 Å². The molecule has 0 saturated carbocycles. The molecule has 8 nitrogen and oxygen atoms in total. The number of nitrogens with zero attached hydrogens (tertiary/aromatic N) is 5. The Labute approximate surface area is 157 Å². The largest absolute Gasteiger partial charge is 0.463 e. The summed E-state index contributed by atoms with van der Waals surface area (Å²) in [5.74, 6) is 0.449. The molecule has 8 heteroatoms. The summed E-state index contributed by atoms with van der Waals surface area (Å²) in [6.45, 7) is 4.84. The highest BCUT2D eigenvalue weighted by Gasteiger charge is 2.18. The topological polar surface area (TPSA) is 86.3 Å². The molecule has 0 N–H and O–H groups in total. The summed E-state index contributed by atoms with van der Waals surface area (Å²) in [6, 6.07) is 9.64. The predicted molar refractivity (Wildman–Crippen MR) is 99.9 cm³/mol. The molecule has 1 aromatic carbocycles. The summed E-state index contributed by atoms with van der Waals surface area (Å²) in [5.41, 5.74) is 3.32. The number of likely N-dealkylation sites (N-methyl/N-ethyl adjacent to an activating group) is 1. The molecule has 0 aliphatic carbocycles. The maximum absolute atomic E-state index is 12.1. The van der Waals surface area contributed by atoms with Crippen molar-refractivity contribution in [2.75, 3.05) is 27.2 Å². The monoisotopic (exact) mass is 369 g/mol. The predicted octanol–water partition coefficient (Wildman–Crippen LogP) is 2.32. The van der Waals surface area contributed by atoms with Gasteiger partial charge in [-0.25, -0.2) is 4.68 Å². The molecule has 142 valence electrons. The lowest BCUT2D eigenvalue weighted by atomic mass is 10.1. The van der Waals surface area contributed by atoms with E-state index in [1.54, 1.807) is 0 Å². The molecule has 0 spiro atoms. The molecule has 0 aliphatic rings. The lowest BCUT2D eigenvalue weighted by Crippen LogP contribution is -2.22. The first-order valence-electron chi connectivity index (χ1n) is 8.68. The zero-order valence-corrected chi connectivity index (χ0v) is 16.0. The van der Waals surface area contributed by atoms with Crippen LogP contribution in [0, 0.1) is 13.8 Å². The molecule has 0 atom stereocenters. The summed E-state index contributed by atoms with van der Waals surface area (Å²) >= 11 is 0. The van der Waals surface area contributed by atoms with E-state index >= 15 is 0 Å². The number of carbonyl (C=O) groups excluding carboxylic acids is 1. The molecule has 27 heavy (non-hydrogen) atoms. The van der Waals surface area contributed by atoms with E-state index in [9.17, 15) is 4.79 Å². The van der Waals surface area contributed by atoms with Gasteiger partial charge < -0.3 is 14.2 Å². The first kappa shape index (κ1) is 18.8. The fourth-order valence-corrected chi connectivity index (χ4v) is 2.58. The summed E-state index contributed by atoms with van der Waals surface area (Å²) in [5, 5.41) is 8.40. The molecule has 0 radical (unpaired) electrons. The average Bonchev–Trinajstić information content (AvgIpc) is 3.21. The number of ether oxygens (including phenoxy) is 1. The number of aryl methyl sites for hydroxylation is 2. The van der Waals surface area contributed by atoms with Gasteiger partial charge in [0, 0.05) is 12.1 Å². The molecule has 0 fully saturated rings. The van der Waals surface area contributed by atoms with Crippen molar-refractivity contribution in [1.29, 1.82) is 0 Å². The Kier molecular flexibility index (Phi) is 5.66. The average molecular weight is 369 g/mol. The maximum Gasteiger partial charge on any atom is 0.327 e. The van der Waals surface area contributed by atoms with E-state index in [0.717, 1.165) is 16.8 Å². The van der Waals surface area contributed by atoms with Crippen molar-refractivity contribution in [3.05, 3.63) is 41.6 Å². The number of hydrogen-bond acceptors (Lipinski definition) is 7. The van der Waals surface area contributed by atoms with E-state index in [-0.39, 0.29) is 12.5 Å². The fourth-order valence-electron chi connectivity index (χ4n) is 2.58. The van der Waals surface area contributed by atoms with Crippen molar-refractivity contribution < 1.29 is 14.1 Å². The summed E-state index contributed by atoms with van der Waals surface area (Å²) in [4.78, 5) is 18.5. The molecule has 0 bridgehead atoms. The Morgan fingerprint density at radius 3 is 2.81 bits per heavy atom. The third-order valence-corrected chi connectivity index (χ3v) is 3.90. The second kappa shape index (κ2) is 8.13. The zero-order chi connectivity index (χ0) is 19.4. The van der Waals surface area contributed by atoms with Gasteiger partial charge in [0.15, 0.2) is 0 Å². The summed E-state index contributed by atoms with van der Waals surface area (Å²) < 4.78 is 12.2. The Hall–Kier alpha value is -3.00. The molecule has 0 unspecified atom stereocenters. The molecular weight excluding hydrogens is 346 g/mol. The number of benzene rings is 1. The first-order chi connectivity index (χ1) is 12.9. The second-order valence-corrected chi connectivity index (χ2v) is 6.64. The number of rotatable bonds is 7. The van der Waals surface area contributed by atoms with E-state index in [2.05, 4.69) is 15.2 Å². The van der Waals surface area contributed by atoms with Crippen molar-refractivity contribution >= 4 is 5.97 Å². The van der Waals surface area contributed by atoms with Crippen LogP contribution in [0.3, 0.4) is 0 Å². The van der Waals surface area contributed by atoms with Gasteiger partial charge >= 0.3 is 5.97 Å².